The van der Waals surface area contributed by atoms with E-state index in [1.165, 1.54) is 0 Å². The van der Waals surface area contributed by atoms with Crippen LogP contribution in [0.15, 0.2) is 0 Å². The molecule has 198 valence electrons. The number of epoxide rings is 1. The van der Waals surface area contributed by atoms with Crippen LogP contribution in [0.25, 0.3) is 0 Å². The molecular formula is C20H34O14. The van der Waals surface area contributed by atoms with Crippen molar-refractivity contribution in [2.75, 3.05) is 19.8 Å². The molecule has 2 saturated carbocycles. The van der Waals surface area contributed by atoms with Gasteiger partial charge < -0.3 is 70.0 Å². The summed E-state index contributed by atoms with van der Waals surface area (Å²) in [5, 5.41) is 100. The van der Waals surface area contributed by atoms with Gasteiger partial charge in [-0.05, 0) is 6.42 Å². The van der Waals surface area contributed by atoms with Crippen LogP contribution in [0.4, 0.5) is 0 Å². The average molecular weight is 498 g/mol. The highest BCUT2D eigenvalue weighted by molar-refractivity contribution is 5.07. The topological polar surface area (TPSA) is 243 Å². The van der Waals surface area contributed by atoms with E-state index in [1.54, 1.807) is 0 Å². The first-order chi connectivity index (χ1) is 16.1. The predicted molar refractivity (Wildman–Crippen MR) is 106 cm³/mol. The van der Waals surface area contributed by atoms with Crippen LogP contribution in [0.5, 0.6) is 0 Å². The molecule has 2 aliphatic heterocycles. The van der Waals surface area contributed by atoms with Gasteiger partial charge in [0.1, 0.15) is 54.9 Å². The molecule has 0 radical (unpaired) electrons. The maximum Gasteiger partial charge on any atom is 0.186 e. The second-order valence-corrected chi connectivity index (χ2v) is 9.57. The summed E-state index contributed by atoms with van der Waals surface area (Å²) in [7, 11) is 0. The number of aliphatic hydroxyl groups is 10. The van der Waals surface area contributed by atoms with Gasteiger partial charge in [-0.1, -0.05) is 0 Å². The first-order valence-electron chi connectivity index (χ1n) is 11.3. The molecule has 4 fully saturated rings. The van der Waals surface area contributed by atoms with Crippen molar-refractivity contribution in [3.05, 3.63) is 0 Å². The van der Waals surface area contributed by atoms with E-state index in [9.17, 15) is 51.1 Å². The minimum Gasteiger partial charge on any atom is -0.394 e. The Balaban J connectivity index is 1.34. The van der Waals surface area contributed by atoms with Crippen LogP contribution in [0.3, 0.4) is 0 Å². The van der Waals surface area contributed by atoms with Crippen molar-refractivity contribution in [3.63, 3.8) is 0 Å². The first kappa shape index (κ1) is 26.5. The zero-order chi connectivity index (χ0) is 24.9. The van der Waals surface area contributed by atoms with Crippen LogP contribution in [0.1, 0.15) is 6.42 Å². The van der Waals surface area contributed by atoms with E-state index in [4.69, 9.17) is 18.9 Å². The van der Waals surface area contributed by atoms with Crippen LogP contribution in [-0.4, -0.2) is 157 Å². The monoisotopic (exact) mass is 498 g/mol. The third-order valence-electron chi connectivity index (χ3n) is 7.38. The number of hydrogen-bond donors (Lipinski definition) is 10. The lowest BCUT2D eigenvalue weighted by molar-refractivity contribution is -0.307. The maximum absolute atomic E-state index is 10.4. The molecule has 16 atom stereocenters. The van der Waals surface area contributed by atoms with E-state index in [1.807, 2.05) is 0 Å². The molecule has 4 rings (SSSR count). The minimum absolute atomic E-state index is 0.000236. The predicted octanol–water partition coefficient (Wildman–Crippen LogP) is -6.23. The van der Waals surface area contributed by atoms with Gasteiger partial charge in [-0.25, -0.2) is 0 Å². The highest BCUT2D eigenvalue weighted by Crippen LogP contribution is 2.42. The number of aliphatic hydroxyl groups excluding tert-OH is 10. The molecule has 0 spiro atoms. The van der Waals surface area contributed by atoms with Gasteiger partial charge in [0, 0.05) is 11.8 Å². The molecule has 16 unspecified atom stereocenters. The van der Waals surface area contributed by atoms with E-state index in [2.05, 4.69) is 0 Å². The van der Waals surface area contributed by atoms with Crippen LogP contribution in [-0.2, 0) is 18.9 Å². The Labute approximate surface area is 194 Å². The van der Waals surface area contributed by atoms with Gasteiger partial charge in [0.05, 0.1) is 44.2 Å². The number of ether oxygens (including phenoxy) is 4. The zero-order valence-electron chi connectivity index (χ0n) is 18.2. The molecule has 0 amide bonds. The van der Waals surface area contributed by atoms with Crippen molar-refractivity contribution in [1.29, 1.82) is 0 Å². The molecule has 0 aromatic carbocycles. The van der Waals surface area contributed by atoms with E-state index in [-0.39, 0.29) is 19.6 Å². The van der Waals surface area contributed by atoms with Crippen molar-refractivity contribution in [2.45, 2.75) is 92.1 Å². The Morgan fingerprint density at radius 3 is 1.91 bits per heavy atom. The normalized spacial score (nSPS) is 55.6. The molecule has 4 aliphatic rings. The van der Waals surface area contributed by atoms with Gasteiger partial charge in [-0.3, -0.25) is 0 Å². The van der Waals surface area contributed by atoms with Crippen LogP contribution in [0.2, 0.25) is 0 Å². The quantitative estimate of drug-likeness (QED) is 0.147. The highest BCUT2D eigenvalue weighted by atomic mass is 16.7. The van der Waals surface area contributed by atoms with E-state index in [0.29, 0.717) is 0 Å². The fourth-order valence-corrected chi connectivity index (χ4v) is 5.06. The number of rotatable bonds is 7. The van der Waals surface area contributed by atoms with Crippen molar-refractivity contribution in [1.82, 2.24) is 0 Å². The highest BCUT2D eigenvalue weighted by Gasteiger charge is 2.60. The second kappa shape index (κ2) is 10.4. The molecule has 14 heteroatoms. The van der Waals surface area contributed by atoms with Gasteiger partial charge in [-0.2, -0.15) is 0 Å². The zero-order valence-corrected chi connectivity index (χ0v) is 18.2. The molecule has 0 aromatic rings. The Morgan fingerprint density at radius 1 is 0.588 bits per heavy atom. The number of hydrogen-bond acceptors (Lipinski definition) is 14. The van der Waals surface area contributed by atoms with E-state index >= 15 is 0 Å². The second-order valence-electron chi connectivity index (χ2n) is 9.57. The summed E-state index contributed by atoms with van der Waals surface area (Å²) < 4.78 is 21.7. The van der Waals surface area contributed by atoms with Gasteiger partial charge in [0.2, 0.25) is 0 Å². The molecule has 10 N–H and O–H groups in total. The third-order valence-corrected chi connectivity index (χ3v) is 7.38. The Morgan fingerprint density at radius 2 is 1.24 bits per heavy atom. The fraction of sp³-hybridized carbons (Fsp3) is 1.00. The smallest absolute Gasteiger partial charge is 0.186 e. The first-order valence-corrected chi connectivity index (χ1v) is 11.3. The SMILES string of the molecule is OCC1OC(OCC2CC(OCC3C(O)C(O)C(O)C4OC34)C(O)C(O)C2O)C(O)C(O)C1O. The van der Waals surface area contributed by atoms with Gasteiger partial charge in [0.15, 0.2) is 6.29 Å². The van der Waals surface area contributed by atoms with Gasteiger partial charge in [0.25, 0.3) is 0 Å². The van der Waals surface area contributed by atoms with Crippen molar-refractivity contribution < 1.29 is 70.0 Å². The van der Waals surface area contributed by atoms with Crippen LogP contribution >= 0.6 is 0 Å². The average Bonchev–Trinajstić information content (AvgIpc) is 3.62. The molecule has 2 aliphatic carbocycles. The largest absolute Gasteiger partial charge is 0.394 e. The molecule has 14 nitrogen and oxygen atoms in total. The molecule has 0 aromatic heterocycles. The lowest BCUT2D eigenvalue weighted by Crippen LogP contribution is -2.60. The summed E-state index contributed by atoms with van der Waals surface area (Å²) >= 11 is 0. The standard InChI is InChI=1S/C20H34O14/c21-2-8-12(25)15(28)17(30)20(33-8)32-3-5-1-7(11(24)13(26)9(5)22)31-4-6-10(23)14(27)16(29)19-18(6)34-19/h5-30H,1-4H2. The lowest BCUT2D eigenvalue weighted by Gasteiger charge is -2.43. The molecule has 34 heavy (non-hydrogen) atoms. The van der Waals surface area contributed by atoms with E-state index < -0.39 is 104 Å². The molecule has 2 heterocycles. The summed E-state index contributed by atoms with van der Waals surface area (Å²) in [4.78, 5) is 0. The maximum atomic E-state index is 10.4. The molecule has 2 saturated heterocycles. The van der Waals surface area contributed by atoms with Crippen LogP contribution in [0, 0.1) is 11.8 Å². The molecule has 0 bridgehead atoms. The number of fused-ring (bicyclic) bond motifs is 1. The Hall–Kier alpha value is -0.560. The Bertz CT molecular complexity index is 682. The van der Waals surface area contributed by atoms with Crippen LogP contribution < -0.4 is 0 Å². The summed E-state index contributed by atoms with van der Waals surface area (Å²) in [6, 6.07) is 0. The van der Waals surface area contributed by atoms with Gasteiger partial charge in [-0.15, -0.1) is 0 Å². The van der Waals surface area contributed by atoms with Crippen molar-refractivity contribution >= 4 is 0 Å². The summed E-state index contributed by atoms with van der Waals surface area (Å²) in [6.07, 6.45) is -18.0. The third kappa shape index (κ3) is 4.86. The van der Waals surface area contributed by atoms with Gasteiger partial charge >= 0.3 is 0 Å². The molecular weight excluding hydrogens is 464 g/mol. The summed E-state index contributed by atoms with van der Waals surface area (Å²) in [5.41, 5.74) is 0. The Kier molecular flexibility index (Phi) is 8.13. The summed E-state index contributed by atoms with van der Waals surface area (Å²) in [5.74, 6) is -1.48. The minimum atomic E-state index is -1.64. The summed E-state index contributed by atoms with van der Waals surface area (Å²) in [6.45, 7) is -1.09. The van der Waals surface area contributed by atoms with E-state index in [0.717, 1.165) is 0 Å². The van der Waals surface area contributed by atoms with Crippen molar-refractivity contribution in [2.24, 2.45) is 11.8 Å². The lowest BCUT2D eigenvalue weighted by atomic mass is 9.80. The van der Waals surface area contributed by atoms with Crippen molar-refractivity contribution in [3.8, 4) is 0 Å². The fourth-order valence-electron chi connectivity index (χ4n) is 5.06.